The van der Waals surface area contributed by atoms with Crippen molar-refractivity contribution < 1.29 is 29.0 Å². The van der Waals surface area contributed by atoms with Crippen LogP contribution in [0.3, 0.4) is 0 Å². The maximum absolute atomic E-state index is 12.5. The van der Waals surface area contributed by atoms with Crippen molar-refractivity contribution in [3.63, 3.8) is 0 Å². The van der Waals surface area contributed by atoms with Gasteiger partial charge in [-0.2, -0.15) is 0 Å². The number of ketones is 1. The monoisotopic (exact) mass is 495 g/mol. The summed E-state index contributed by atoms with van der Waals surface area (Å²) in [6, 6.07) is 0. The van der Waals surface area contributed by atoms with Crippen molar-refractivity contribution in [3.05, 3.63) is 84.1 Å². The number of aliphatic hydroxyl groups is 1. The van der Waals surface area contributed by atoms with Crippen molar-refractivity contribution >= 4 is 17.7 Å². The van der Waals surface area contributed by atoms with E-state index < -0.39 is 24.2 Å². The second-order valence-electron chi connectivity index (χ2n) is 9.14. The van der Waals surface area contributed by atoms with Crippen LogP contribution in [0.2, 0.25) is 0 Å². The Bertz CT molecular complexity index is 997. The number of fused-ring (bicyclic) bond motifs is 2. The average molecular weight is 496 g/mol. The predicted octanol–water partition coefficient (Wildman–Crippen LogP) is 4.33. The zero-order chi connectivity index (χ0) is 26.5. The molecular formula is C29H37NO6. The van der Waals surface area contributed by atoms with Crippen LogP contribution in [-0.2, 0) is 23.9 Å². The lowest BCUT2D eigenvalue weighted by Crippen LogP contribution is -2.44. The van der Waals surface area contributed by atoms with E-state index in [2.05, 4.69) is 11.9 Å². The highest BCUT2D eigenvalue weighted by atomic mass is 16.6. The van der Waals surface area contributed by atoms with Gasteiger partial charge in [-0.15, -0.1) is 0 Å². The molecule has 2 rings (SSSR count). The van der Waals surface area contributed by atoms with Gasteiger partial charge >= 0.3 is 5.97 Å². The number of hydrogen-bond acceptors (Lipinski definition) is 6. The zero-order valence-electron chi connectivity index (χ0n) is 21.3. The molecule has 36 heavy (non-hydrogen) atoms. The van der Waals surface area contributed by atoms with E-state index in [1.165, 1.54) is 18.2 Å². The quantitative estimate of drug-likeness (QED) is 0.198. The summed E-state index contributed by atoms with van der Waals surface area (Å²) in [7, 11) is 0. The van der Waals surface area contributed by atoms with Crippen molar-refractivity contribution in [2.24, 2.45) is 0 Å². The van der Waals surface area contributed by atoms with Crippen LogP contribution in [0.15, 0.2) is 84.1 Å². The van der Waals surface area contributed by atoms with Crippen molar-refractivity contribution in [1.82, 2.24) is 5.32 Å². The summed E-state index contributed by atoms with van der Waals surface area (Å²) >= 11 is 0. The first-order chi connectivity index (χ1) is 17.2. The highest BCUT2D eigenvalue weighted by molar-refractivity contribution is 5.91. The Kier molecular flexibility index (Phi) is 12.0. The number of carbonyl (C=O) groups excluding carboxylic acids is 3. The van der Waals surface area contributed by atoms with Crippen molar-refractivity contribution in [3.8, 4) is 0 Å². The maximum Gasteiger partial charge on any atom is 0.331 e. The fourth-order valence-corrected chi connectivity index (χ4v) is 3.96. The molecule has 0 unspecified atom stereocenters. The molecule has 0 spiro atoms. The molecule has 1 fully saturated rings. The molecule has 1 saturated heterocycles. The van der Waals surface area contributed by atoms with E-state index in [0.717, 1.165) is 23.1 Å². The lowest BCUT2D eigenvalue weighted by Gasteiger charge is -2.30. The molecule has 2 aliphatic heterocycles. The number of esters is 1. The number of amides is 1. The molecule has 2 heterocycles. The number of rotatable bonds is 4. The lowest BCUT2D eigenvalue weighted by molar-refractivity contribution is -0.151. The fourth-order valence-electron chi connectivity index (χ4n) is 3.96. The smallest absolute Gasteiger partial charge is 0.331 e. The third-order valence-electron chi connectivity index (χ3n) is 5.60. The van der Waals surface area contributed by atoms with E-state index in [1.54, 1.807) is 37.3 Å². The zero-order valence-corrected chi connectivity index (χ0v) is 21.3. The van der Waals surface area contributed by atoms with Gasteiger partial charge in [0.15, 0.2) is 18.1 Å². The minimum Gasteiger partial charge on any atom is -0.454 e. The second-order valence-corrected chi connectivity index (χ2v) is 9.14. The van der Waals surface area contributed by atoms with Crippen LogP contribution in [0.5, 0.6) is 0 Å². The fraction of sp³-hybridized carbons (Fsp3) is 0.414. The van der Waals surface area contributed by atoms with E-state index >= 15 is 0 Å². The standard InChI is InChI=1S/C29H37NO6/c1-5-6-7-13-27(32)30-29(34)26-19-22(4)18-25-17-21(3)16-24(35-25)12-9-11-23(31)15-20(2)10-8-14-28(33)36-26/h5-11,13-14,18,24-26,29,34H,3,12,15-17,19H2,1-2,4H3,(H,30,32)/b6-5+,11-9+,13-7?,14-8?,20-10?,22-18+/t24-,25-,26-,29-/m0/s1. The third kappa shape index (κ3) is 11.0. The minimum atomic E-state index is -1.42. The molecule has 7 nitrogen and oxygen atoms in total. The molecule has 0 aromatic carbocycles. The van der Waals surface area contributed by atoms with Gasteiger partial charge in [-0.3, -0.25) is 9.59 Å². The van der Waals surface area contributed by atoms with Crippen LogP contribution in [-0.4, -0.2) is 47.3 Å². The summed E-state index contributed by atoms with van der Waals surface area (Å²) in [5.74, 6) is -1.23. The summed E-state index contributed by atoms with van der Waals surface area (Å²) < 4.78 is 11.7. The largest absolute Gasteiger partial charge is 0.454 e. The highest BCUT2D eigenvalue weighted by Crippen LogP contribution is 2.27. The van der Waals surface area contributed by atoms with Gasteiger partial charge in [0.2, 0.25) is 5.91 Å². The normalized spacial score (nSPS) is 28.0. The number of nitrogens with one attached hydrogen (secondary N) is 1. The van der Waals surface area contributed by atoms with Crippen LogP contribution in [0.25, 0.3) is 0 Å². The van der Waals surface area contributed by atoms with E-state index in [4.69, 9.17) is 9.47 Å². The van der Waals surface area contributed by atoms with Crippen LogP contribution in [0.4, 0.5) is 0 Å². The Morgan fingerprint density at radius 3 is 2.69 bits per heavy atom. The van der Waals surface area contributed by atoms with E-state index in [9.17, 15) is 19.5 Å². The van der Waals surface area contributed by atoms with Gasteiger partial charge in [0.1, 0.15) is 0 Å². The van der Waals surface area contributed by atoms with Gasteiger partial charge in [0.25, 0.3) is 0 Å². The summed E-state index contributed by atoms with van der Waals surface area (Å²) in [6.07, 6.45) is 15.6. The van der Waals surface area contributed by atoms with Gasteiger partial charge in [0, 0.05) is 25.0 Å². The number of cyclic esters (lactones) is 1. The maximum atomic E-state index is 12.5. The molecule has 7 heteroatoms. The summed E-state index contributed by atoms with van der Waals surface area (Å²) in [6.45, 7) is 9.61. The molecule has 1 amide bonds. The number of ether oxygens (including phenoxy) is 2. The Morgan fingerprint density at radius 2 is 1.94 bits per heavy atom. The van der Waals surface area contributed by atoms with Crippen molar-refractivity contribution in [2.75, 3.05) is 0 Å². The number of hydrogen-bond donors (Lipinski definition) is 2. The Labute approximate surface area is 213 Å². The molecule has 4 atom stereocenters. The summed E-state index contributed by atoms with van der Waals surface area (Å²) in [5, 5.41) is 13.1. The summed E-state index contributed by atoms with van der Waals surface area (Å²) in [5.41, 5.74) is 2.67. The minimum absolute atomic E-state index is 0.0369. The van der Waals surface area contributed by atoms with E-state index in [-0.39, 0.29) is 30.8 Å². The molecule has 2 bridgehead atoms. The first-order valence-corrected chi connectivity index (χ1v) is 12.2. The van der Waals surface area contributed by atoms with E-state index in [1.807, 2.05) is 26.0 Å². The molecule has 2 N–H and O–H groups in total. The summed E-state index contributed by atoms with van der Waals surface area (Å²) in [4.78, 5) is 36.8. The molecule has 0 aliphatic carbocycles. The number of carbonyl (C=O) groups is 3. The topological polar surface area (TPSA) is 102 Å². The molecular weight excluding hydrogens is 458 g/mol. The van der Waals surface area contributed by atoms with Gasteiger partial charge in [-0.25, -0.2) is 4.79 Å². The highest BCUT2D eigenvalue weighted by Gasteiger charge is 2.26. The average Bonchev–Trinajstić information content (AvgIpc) is 2.77. The van der Waals surface area contributed by atoms with Crippen LogP contribution >= 0.6 is 0 Å². The SMILES string of the molecule is C=C1C[C@@H]2C/C=C/C(=O)CC(C)=CC=CC(=O)O[C@H]([C@H](O)NC(=O)C=C/C=C/C)C/C(C)=C/[C@H](C1)O2. The Hall–Kier alpha value is -3.29. The third-order valence-corrected chi connectivity index (χ3v) is 5.60. The van der Waals surface area contributed by atoms with Gasteiger partial charge < -0.3 is 19.9 Å². The second kappa shape index (κ2) is 15.0. The van der Waals surface area contributed by atoms with Gasteiger partial charge in [-0.1, -0.05) is 65.8 Å². The van der Waals surface area contributed by atoms with Crippen LogP contribution < -0.4 is 5.32 Å². The molecule has 2 aliphatic rings. The van der Waals surface area contributed by atoms with Gasteiger partial charge in [-0.05, 0) is 46.1 Å². The van der Waals surface area contributed by atoms with Gasteiger partial charge in [0.05, 0.1) is 12.2 Å². The number of aliphatic hydroxyl groups excluding tert-OH is 1. The number of allylic oxidation sites excluding steroid dienone is 7. The molecule has 0 saturated carbocycles. The molecule has 194 valence electrons. The first kappa shape index (κ1) is 28.9. The Balaban J connectivity index is 2.28. The van der Waals surface area contributed by atoms with Crippen LogP contribution in [0.1, 0.15) is 52.9 Å². The Morgan fingerprint density at radius 1 is 1.17 bits per heavy atom. The van der Waals surface area contributed by atoms with Crippen molar-refractivity contribution in [1.29, 1.82) is 0 Å². The predicted molar refractivity (Wildman–Crippen MR) is 140 cm³/mol. The van der Waals surface area contributed by atoms with Crippen molar-refractivity contribution in [2.45, 2.75) is 77.4 Å². The lowest BCUT2D eigenvalue weighted by atomic mass is 9.95. The molecule has 0 radical (unpaired) electrons. The first-order valence-electron chi connectivity index (χ1n) is 12.2. The molecule has 0 aromatic heterocycles. The molecule has 0 aromatic rings. The van der Waals surface area contributed by atoms with E-state index in [0.29, 0.717) is 12.8 Å². The van der Waals surface area contributed by atoms with Crippen LogP contribution in [0, 0.1) is 0 Å².